The molecule has 0 aliphatic heterocycles. The normalized spacial score (nSPS) is 22.2. The van der Waals surface area contributed by atoms with Crippen LogP contribution in [0.3, 0.4) is 0 Å². The van der Waals surface area contributed by atoms with Gasteiger partial charge in [0.1, 0.15) is 0 Å². The third-order valence-corrected chi connectivity index (χ3v) is 4.11. The van der Waals surface area contributed by atoms with E-state index in [1.54, 1.807) is 0 Å². The summed E-state index contributed by atoms with van der Waals surface area (Å²) in [6.07, 6.45) is 3.74. The molecule has 0 N–H and O–H groups in total. The predicted octanol–water partition coefficient (Wildman–Crippen LogP) is 3.17. The Hall–Kier alpha value is -1.39. The first-order valence-electron chi connectivity index (χ1n) is 7.77. The van der Waals surface area contributed by atoms with Gasteiger partial charge in [-0.05, 0) is 38.2 Å². The minimum Gasteiger partial charge on any atom is -0.466 e. The molecule has 116 valence electrons. The zero-order valence-corrected chi connectivity index (χ0v) is 13.0. The molecule has 21 heavy (non-hydrogen) atoms. The number of carbonyl (C=O) groups is 1. The van der Waals surface area contributed by atoms with Gasteiger partial charge >= 0.3 is 5.97 Å². The molecule has 0 saturated heterocycles. The van der Waals surface area contributed by atoms with Crippen LogP contribution >= 0.6 is 0 Å². The number of carbonyl (C=O) groups excluding carboxylic acids is 1. The molecular formula is C17H25NO3. The summed E-state index contributed by atoms with van der Waals surface area (Å²) >= 11 is 0. The van der Waals surface area contributed by atoms with Gasteiger partial charge in [0.2, 0.25) is 0 Å². The largest absolute Gasteiger partial charge is 0.466 e. The Morgan fingerprint density at radius 3 is 2.48 bits per heavy atom. The van der Waals surface area contributed by atoms with Gasteiger partial charge in [-0.2, -0.15) is 5.06 Å². The molecule has 1 fully saturated rings. The highest BCUT2D eigenvalue weighted by atomic mass is 16.7. The van der Waals surface area contributed by atoms with Gasteiger partial charge < -0.3 is 4.74 Å². The van der Waals surface area contributed by atoms with E-state index in [1.807, 2.05) is 37.2 Å². The van der Waals surface area contributed by atoms with Crippen molar-refractivity contribution >= 4 is 5.97 Å². The fraction of sp³-hybridized carbons (Fsp3) is 0.588. The van der Waals surface area contributed by atoms with Crippen LogP contribution in [0, 0.1) is 5.92 Å². The van der Waals surface area contributed by atoms with Gasteiger partial charge in [-0.25, -0.2) is 0 Å². The number of hydrogen-bond donors (Lipinski definition) is 0. The molecule has 4 nitrogen and oxygen atoms in total. The fourth-order valence-electron chi connectivity index (χ4n) is 2.79. The summed E-state index contributed by atoms with van der Waals surface area (Å²) in [5, 5.41) is 1.95. The summed E-state index contributed by atoms with van der Waals surface area (Å²) < 4.78 is 5.10. The molecule has 0 atom stereocenters. The average molecular weight is 291 g/mol. The molecule has 0 amide bonds. The van der Waals surface area contributed by atoms with Gasteiger partial charge in [0.25, 0.3) is 0 Å². The average Bonchev–Trinajstić information content (AvgIpc) is 2.54. The van der Waals surface area contributed by atoms with Crippen LogP contribution in [0.4, 0.5) is 0 Å². The quantitative estimate of drug-likeness (QED) is 0.596. The number of hydroxylamine groups is 2. The minimum absolute atomic E-state index is 0.0381. The molecule has 1 aliphatic carbocycles. The highest BCUT2D eigenvalue weighted by Crippen LogP contribution is 2.28. The number of nitrogens with zero attached hydrogens (tertiary/aromatic N) is 1. The topological polar surface area (TPSA) is 38.8 Å². The second kappa shape index (κ2) is 8.15. The zero-order valence-electron chi connectivity index (χ0n) is 13.0. The van der Waals surface area contributed by atoms with E-state index in [1.165, 1.54) is 5.56 Å². The molecule has 0 bridgehead atoms. The van der Waals surface area contributed by atoms with Gasteiger partial charge in [-0.15, -0.1) is 0 Å². The number of benzene rings is 1. The third-order valence-electron chi connectivity index (χ3n) is 4.11. The molecule has 1 aliphatic rings. The van der Waals surface area contributed by atoms with Crippen molar-refractivity contribution in [2.24, 2.45) is 5.92 Å². The molecular weight excluding hydrogens is 266 g/mol. The second-order valence-electron chi connectivity index (χ2n) is 5.56. The Kier molecular flexibility index (Phi) is 6.21. The SMILES string of the molecule is CCOC(=O)[C@H]1CC[C@H](N(C)OCc2ccccc2)CC1. The smallest absolute Gasteiger partial charge is 0.308 e. The lowest BCUT2D eigenvalue weighted by Gasteiger charge is -2.33. The Balaban J connectivity index is 1.73. The minimum atomic E-state index is -0.0381. The molecule has 1 saturated carbocycles. The van der Waals surface area contributed by atoms with Crippen molar-refractivity contribution in [2.75, 3.05) is 13.7 Å². The van der Waals surface area contributed by atoms with E-state index in [-0.39, 0.29) is 11.9 Å². The van der Waals surface area contributed by atoms with E-state index in [0.717, 1.165) is 25.7 Å². The zero-order chi connectivity index (χ0) is 15.1. The third kappa shape index (κ3) is 4.83. The summed E-state index contributed by atoms with van der Waals surface area (Å²) in [7, 11) is 1.98. The summed E-state index contributed by atoms with van der Waals surface area (Å²) in [4.78, 5) is 17.5. The first kappa shape index (κ1) is 16.0. The van der Waals surface area contributed by atoms with E-state index >= 15 is 0 Å². The maximum Gasteiger partial charge on any atom is 0.308 e. The van der Waals surface area contributed by atoms with Crippen LogP contribution in [0.5, 0.6) is 0 Å². The number of rotatable bonds is 6. The van der Waals surface area contributed by atoms with Gasteiger partial charge in [-0.3, -0.25) is 9.63 Å². The Morgan fingerprint density at radius 1 is 1.19 bits per heavy atom. The second-order valence-corrected chi connectivity index (χ2v) is 5.56. The molecule has 0 spiro atoms. The van der Waals surface area contributed by atoms with Gasteiger partial charge in [0.15, 0.2) is 0 Å². The fourth-order valence-corrected chi connectivity index (χ4v) is 2.79. The summed E-state index contributed by atoms with van der Waals surface area (Å²) in [5.41, 5.74) is 1.17. The highest BCUT2D eigenvalue weighted by Gasteiger charge is 2.29. The predicted molar refractivity (Wildman–Crippen MR) is 81.4 cm³/mol. The van der Waals surface area contributed by atoms with E-state index in [0.29, 0.717) is 19.3 Å². The Bertz CT molecular complexity index is 427. The van der Waals surface area contributed by atoms with Crippen molar-refractivity contribution in [1.29, 1.82) is 0 Å². The van der Waals surface area contributed by atoms with Crippen LogP contribution in [0.15, 0.2) is 30.3 Å². The molecule has 4 heteroatoms. The first-order valence-corrected chi connectivity index (χ1v) is 7.77. The molecule has 1 aromatic carbocycles. The summed E-state index contributed by atoms with van der Waals surface area (Å²) in [6, 6.07) is 10.5. The number of hydrogen-bond acceptors (Lipinski definition) is 4. The van der Waals surface area contributed by atoms with Crippen molar-refractivity contribution in [3.63, 3.8) is 0 Å². The van der Waals surface area contributed by atoms with Gasteiger partial charge in [-0.1, -0.05) is 30.3 Å². The van der Waals surface area contributed by atoms with Gasteiger partial charge in [0, 0.05) is 13.1 Å². The number of ether oxygens (including phenoxy) is 1. The van der Waals surface area contributed by atoms with Crippen LogP contribution < -0.4 is 0 Å². The van der Waals surface area contributed by atoms with Crippen LogP contribution in [0.1, 0.15) is 38.2 Å². The maximum atomic E-state index is 11.7. The molecule has 2 rings (SSSR count). The van der Waals surface area contributed by atoms with Crippen molar-refractivity contribution < 1.29 is 14.4 Å². The summed E-state index contributed by atoms with van der Waals surface area (Å²) in [6.45, 7) is 2.92. The van der Waals surface area contributed by atoms with E-state index in [2.05, 4.69) is 12.1 Å². The van der Waals surface area contributed by atoms with Crippen LogP contribution in [0.2, 0.25) is 0 Å². The van der Waals surface area contributed by atoms with Crippen molar-refractivity contribution in [3.05, 3.63) is 35.9 Å². The van der Waals surface area contributed by atoms with Crippen LogP contribution in [-0.2, 0) is 21.0 Å². The number of esters is 1. The van der Waals surface area contributed by atoms with Crippen molar-refractivity contribution in [3.8, 4) is 0 Å². The van der Waals surface area contributed by atoms with E-state index in [9.17, 15) is 4.79 Å². The molecule has 0 heterocycles. The molecule has 0 radical (unpaired) electrons. The highest BCUT2D eigenvalue weighted by molar-refractivity contribution is 5.72. The van der Waals surface area contributed by atoms with Crippen LogP contribution in [0.25, 0.3) is 0 Å². The molecule has 0 aromatic heterocycles. The standard InChI is InChI=1S/C17H25NO3/c1-3-20-17(19)15-9-11-16(12-10-15)18(2)21-13-14-7-5-4-6-8-14/h4-8,15-16H,3,9-13H2,1-2H3/t15-,16-. The first-order chi connectivity index (χ1) is 10.2. The van der Waals surface area contributed by atoms with Gasteiger partial charge in [0.05, 0.1) is 19.1 Å². The Labute approximate surface area is 127 Å². The lowest BCUT2D eigenvalue weighted by Crippen LogP contribution is -2.36. The molecule has 1 aromatic rings. The lowest BCUT2D eigenvalue weighted by molar-refractivity contribution is -0.187. The van der Waals surface area contributed by atoms with E-state index in [4.69, 9.17) is 9.57 Å². The van der Waals surface area contributed by atoms with Crippen LogP contribution in [-0.4, -0.2) is 30.7 Å². The van der Waals surface area contributed by atoms with Crippen molar-refractivity contribution in [1.82, 2.24) is 5.06 Å². The van der Waals surface area contributed by atoms with Crippen molar-refractivity contribution in [2.45, 2.75) is 45.3 Å². The molecule has 0 unspecified atom stereocenters. The maximum absolute atomic E-state index is 11.7. The summed E-state index contributed by atoms with van der Waals surface area (Å²) in [5.74, 6) is 0.0348. The Morgan fingerprint density at radius 2 is 1.86 bits per heavy atom. The lowest BCUT2D eigenvalue weighted by atomic mass is 9.86. The monoisotopic (exact) mass is 291 g/mol. The van der Waals surface area contributed by atoms with E-state index < -0.39 is 0 Å².